The lowest BCUT2D eigenvalue weighted by molar-refractivity contribution is 0.546. The second-order valence-corrected chi connectivity index (χ2v) is 6.10. The van der Waals surface area contributed by atoms with Gasteiger partial charge < -0.3 is 9.80 Å². The Hall–Kier alpha value is -2.41. The van der Waals surface area contributed by atoms with E-state index in [9.17, 15) is 0 Å². The highest BCUT2D eigenvalue weighted by atomic mass is 35.5. The molecule has 0 N–H and O–H groups in total. The van der Waals surface area contributed by atoms with Crippen LogP contribution in [0.5, 0.6) is 0 Å². The minimum atomic E-state index is 0.290. The van der Waals surface area contributed by atoms with Crippen LogP contribution in [-0.2, 0) is 0 Å². The first-order valence-electron chi connectivity index (χ1n) is 7.52. The number of tetrazole rings is 1. The normalized spacial score (nSPS) is 18.6. The Balaban J connectivity index is 1.59. The van der Waals surface area contributed by atoms with Gasteiger partial charge in [-0.1, -0.05) is 17.7 Å². The predicted octanol–water partition coefficient (Wildman–Crippen LogP) is 1.89. The average Bonchev–Trinajstić information content (AvgIpc) is 3.03. The number of nitrogens with zero attached hydrogens (tertiary/aromatic N) is 7. The van der Waals surface area contributed by atoms with Crippen LogP contribution < -0.4 is 9.80 Å². The fourth-order valence-corrected chi connectivity index (χ4v) is 3.23. The number of hydrogen-bond donors (Lipinski definition) is 0. The van der Waals surface area contributed by atoms with E-state index in [1.165, 1.54) is 0 Å². The van der Waals surface area contributed by atoms with E-state index >= 15 is 0 Å². The number of anilines is 2. The van der Waals surface area contributed by atoms with E-state index in [0.717, 1.165) is 36.2 Å². The summed E-state index contributed by atoms with van der Waals surface area (Å²) in [6.45, 7) is 4.83. The predicted molar refractivity (Wildman–Crippen MR) is 89.1 cm³/mol. The van der Waals surface area contributed by atoms with Gasteiger partial charge in [-0.3, -0.25) is 0 Å². The minimum Gasteiger partial charge on any atom is -0.368 e. The van der Waals surface area contributed by atoms with Gasteiger partial charge in [0.05, 0.1) is 6.20 Å². The molecule has 0 amide bonds. The number of benzene rings is 1. The monoisotopic (exact) mass is 329 g/mol. The van der Waals surface area contributed by atoms with Crippen molar-refractivity contribution in [2.45, 2.75) is 13.0 Å². The summed E-state index contributed by atoms with van der Waals surface area (Å²) in [7, 11) is 0. The Morgan fingerprint density at radius 1 is 1.26 bits per heavy atom. The van der Waals surface area contributed by atoms with Gasteiger partial charge in [-0.05, 0) is 35.5 Å². The quantitative estimate of drug-likeness (QED) is 0.715. The fraction of sp³-hybridized carbons (Fsp3) is 0.333. The molecule has 118 valence electrons. The van der Waals surface area contributed by atoms with E-state index in [1.807, 2.05) is 18.2 Å². The maximum absolute atomic E-state index is 6.11. The molecule has 23 heavy (non-hydrogen) atoms. The van der Waals surface area contributed by atoms with Gasteiger partial charge in [0.15, 0.2) is 5.82 Å². The second kappa shape index (κ2) is 5.66. The first-order chi connectivity index (χ1) is 11.2. The molecule has 0 aliphatic carbocycles. The zero-order valence-corrected chi connectivity index (χ0v) is 13.4. The molecule has 0 spiro atoms. The lowest BCUT2D eigenvalue weighted by atomic mass is 10.1. The van der Waals surface area contributed by atoms with Crippen molar-refractivity contribution in [2.75, 3.05) is 29.4 Å². The molecule has 8 heteroatoms. The van der Waals surface area contributed by atoms with Gasteiger partial charge in [0.25, 0.3) is 0 Å². The Morgan fingerprint density at radius 3 is 3.00 bits per heavy atom. The van der Waals surface area contributed by atoms with Crippen LogP contribution in [0.15, 0.2) is 36.7 Å². The van der Waals surface area contributed by atoms with Gasteiger partial charge in [0, 0.05) is 42.6 Å². The molecule has 0 radical (unpaired) electrons. The molecule has 1 aliphatic rings. The van der Waals surface area contributed by atoms with Crippen molar-refractivity contribution >= 4 is 28.8 Å². The van der Waals surface area contributed by atoms with Gasteiger partial charge >= 0.3 is 0 Å². The van der Waals surface area contributed by atoms with Crippen molar-refractivity contribution in [2.24, 2.45) is 0 Å². The number of rotatable bonds is 2. The zero-order chi connectivity index (χ0) is 15.8. The van der Waals surface area contributed by atoms with E-state index in [1.54, 1.807) is 16.9 Å². The molecule has 3 aromatic rings. The minimum absolute atomic E-state index is 0.290. The first-order valence-corrected chi connectivity index (χ1v) is 7.90. The molecule has 0 bridgehead atoms. The summed E-state index contributed by atoms with van der Waals surface area (Å²) in [5.74, 6) is 0.829. The molecule has 1 atom stereocenters. The van der Waals surface area contributed by atoms with Crippen molar-refractivity contribution in [1.29, 1.82) is 0 Å². The smallest absolute Gasteiger partial charge is 0.222 e. The molecule has 1 aliphatic heterocycles. The van der Waals surface area contributed by atoms with E-state index in [-0.39, 0.29) is 6.04 Å². The lowest BCUT2D eigenvalue weighted by Gasteiger charge is -2.41. The van der Waals surface area contributed by atoms with E-state index in [0.29, 0.717) is 5.65 Å². The Labute approximate surface area is 138 Å². The van der Waals surface area contributed by atoms with Crippen LogP contribution in [-0.4, -0.2) is 50.7 Å². The van der Waals surface area contributed by atoms with Gasteiger partial charge in [0.1, 0.15) is 0 Å². The first kappa shape index (κ1) is 14.2. The van der Waals surface area contributed by atoms with E-state index < -0.39 is 0 Å². The van der Waals surface area contributed by atoms with Crippen molar-refractivity contribution < 1.29 is 0 Å². The lowest BCUT2D eigenvalue weighted by Crippen LogP contribution is -2.52. The number of aromatic nitrogens is 5. The van der Waals surface area contributed by atoms with Crippen LogP contribution in [0.2, 0.25) is 5.02 Å². The summed E-state index contributed by atoms with van der Waals surface area (Å²) >= 11 is 6.11. The van der Waals surface area contributed by atoms with Crippen LogP contribution in [0.1, 0.15) is 6.92 Å². The molecule has 1 aromatic carbocycles. The molecule has 1 fully saturated rings. The standard InChI is InChI=1S/C15H16ClN7/c1-11-10-21(13-4-2-3-12(16)9-13)7-8-22(11)14-15-18-19-20-23(15)6-5-17-14/h2-6,9,11H,7-8,10H2,1H3/t11-/m0/s1. The summed E-state index contributed by atoms with van der Waals surface area (Å²) in [4.78, 5) is 9.09. The molecule has 3 heterocycles. The van der Waals surface area contributed by atoms with Gasteiger partial charge in [-0.2, -0.15) is 4.52 Å². The Kier molecular flexibility index (Phi) is 3.49. The van der Waals surface area contributed by atoms with Crippen molar-refractivity contribution in [3.63, 3.8) is 0 Å². The third kappa shape index (κ3) is 2.57. The van der Waals surface area contributed by atoms with Crippen molar-refractivity contribution in [1.82, 2.24) is 25.0 Å². The topological polar surface area (TPSA) is 62.5 Å². The molecule has 4 rings (SSSR count). The number of halogens is 1. The molecule has 0 unspecified atom stereocenters. The summed E-state index contributed by atoms with van der Waals surface area (Å²) in [6, 6.07) is 8.27. The number of fused-ring (bicyclic) bond motifs is 1. The third-order valence-electron chi connectivity index (χ3n) is 4.17. The third-order valence-corrected chi connectivity index (χ3v) is 4.41. The Bertz CT molecular complexity index is 833. The largest absolute Gasteiger partial charge is 0.368 e. The highest BCUT2D eigenvalue weighted by Crippen LogP contribution is 2.26. The van der Waals surface area contributed by atoms with Crippen LogP contribution >= 0.6 is 11.6 Å². The number of piperazine rings is 1. The fourth-order valence-electron chi connectivity index (χ4n) is 3.05. The van der Waals surface area contributed by atoms with Crippen LogP contribution in [0, 0.1) is 0 Å². The molecule has 2 aromatic heterocycles. The van der Waals surface area contributed by atoms with Gasteiger partial charge in [-0.25, -0.2) is 4.98 Å². The number of hydrogen-bond acceptors (Lipinski definition) is 6. The van der Waals surface area contributed by atoms with E-state index in [4.69, 9.17) is 11.6 Å². The molecule has 1 saturated heterocycles. The summed E-state index contributed by atoms with van der Waals surface area (Å²) in [5, 5.41) is 12.5. The molecule has 0 saturated carbocycles. The van der Waals surface area contributed by atoms with Crippen molar-refractivity contribution in [3.8, 4) is 0 Å². The Morgan fingerprint density at radius 2 is 2.17 bits per heavy atom. The van der Waals surface area contributed by atoms with Gasteiger partial charge in [0.2, 0.25) is 5.65 Å². The van der Waals surface area contributed by atoms with Gasteiger partial charge in [-0.15, -0.1) is 5.10 Å². The zero-order valence-electron chi connectivity index (χ0n) is 12.7. The summed E-state index contributed by atoms with van der Waals surface area (Å²) in [6.07, 6.45) is 3.49. The van der Waals surface area contributed by atoms with E-state index in [2.05, 4.69) is 43.3 Å². The maximum Gasteiger partial charge on any atom is 0.222 e. The molecular formula is C15H16ClN7. The molecular weight excluding hydrogens is 314 g/mol. The summed E-state index contributed by atoms with van der Waals surface area (Å²) < 4.78 is 1.65. The summed E-state index contributed by atoms with van der Waals surface area (Å²) in [5.41, 5.74) is 1.84. The highest BCUT2D eigenvalue weighted by Gasteiger charge is 2.27. The van der Waals surface area contributed by atoms with Crippen LogP contribution in [0.4, 0.5) is 11.5 Å². The van der Waals surface area contributed by atoms with Crippen LogP contribution in [0.3, 0.4) is 0 Å². The highest BCUT2D eigenvalue weighted by molar-refractivity contribution is 6.30. The molecule has 7 nitrogen and oxygen atoms in total. The second-order valence-electron chi connectivity index (χ2n) is 5.67. The SMILES string of the molecule is C[C@H]1CN(c2cccc(Cl)c2)CCN1c1nccn2nnnc12. The van der Waals surface area contributed by atoms with Crippen LogP contribution in [0.25, 0.3) is 5.65 Å². The van der Waals surface area contributed by atoms with Crippen molar-refractivity contribution in [3.05, 3.63) is 41.7 Å². The maximum atomic E-state index is 6.11. The average molecular weight is 330 g/mol.